The van der Waals surface area contributed by atoms with Gasteiger partial charge in [-0.2, -0.15) is 5.10 Å². The van der Waals surface area contributed by atoms with E-state index < -0.39 is 18.6 Å². The number of aromatic nitrogens is 4. The number of hydrogen-bond donors (Lipinski definition) is 2. The minimum absolute atomic E-state index is 0.00239. The number of amides is 3. The summed E-state index contributed by atoms with van der Waals surface area (Å²) in [6.45, 7) is -1.01. The number of nitrogens with zero attached hydrogens (tertiary/aromatic N) is 5. The molecule has 1 aliphatic heterocycles. The molecule has 1 saturated carbocycles. The minimum Gasteiger partial charge on any atom is -0.364 e. The van der Waals surface area contributed by atoms with E-state index in [4.69, 9.17) is 5.73 Å². The van der Waals surface area contributed by atoms with Gasteiger partial charge in [0.2, 0.25) is 11.8 Å². The van der Waals surface area contributed by atoms with Crippen molar-refractivity contribution in [3.05, 3.63) is 46.5 Å². The van der Waals surface area contributed by atoms with E-state index >= 15 is 0 Å². The quantitative estimate of drug-likeness (QED) is 0.480. The number of fused-ring (bicyclic) bond motifs is 2. The van der Waals surface area contributed by atoms with Crippen molar-refractivity contribution < 1.29 is 18.8 Å². The number of anilines is 1. The molecule has 3 N–H and O–H groups in total. The summed E-state index contributed by atoms with van der Waals surface area (Å²) in [5.41, 5.74) is 5.89. The number of rotatable bonds is 6. The number of carbonyl (C=O) groups is 3. The van der Waals surface area contributed by atoms with Gasteiger partial charge in [-0.1, -0.05) is 6.07 Å². The van der Waals surface area contributed by atoms with E-state index in [-0.39, 0.29) is 41.7 Å². The predicted molar refractivity (Wildman–Crippen MR) is 119 cm³/mol. The lowest BCUT2D eigenvalue weighted by atomic mass is 10.1. The molecule has 3 aromatic rings. The van der Waals surface area contributed by atoms with Crippen LogP contribution >= 0.6 is 15.9 Å². The van der Waals surface area contributed by atoms with Crippen molar-refractivity contribution in [1.29, 1.82) is 0 Å². The Morgan fingerprint density at radius 1 is 1.27 bits per heavy atom. The highest BCUT2D eigenvalue weighted by molar-refractivity contribution is 9.10. The van der Waals surface area contributed by atoms with E-state index in [1.165, 1.54) is 16.9 Å². The summed E-state index contributed by atoms with van der Waals surface area (Å²) >= 11 is 3.27. The molecular formula is C21H19BrFN7O3. The summed E-state index contributed by atoms with van der Waals surface area (Å²) in [5, 5.41) is 7.28. The molecule has 3 atom stereocenters. The van der Waals surface area contributed by atoms with Gasteiger partial charge in [0, 0.05) is 11.4 Å². The molecule has 170 valence electrons. The van der Waals surface area contributed by atoms with Crippen molar-refractivity contribution in [2.24, 2.45) is 11.7 Å². The average Bonchev–Trinajstić information content (AvgIpc) is 3.29. The highest BCUT2D eigenvalue weighted by atomic mass is 79.9. The van der Waals surface area contributed by atoms with Crippen LogP contribution in [0.25, 0.3) is 10.9 Å². The Labute approximate surface area is 195 Å². The van der Waals surface area contributed by atoms with Crippen LogP contribution in [0.2, 0.25) is 0 Å². The highest BCUT2D eigenvalue weighted by Gasteiger charge is 2.56. The molecule has 3 amide bonds. The molecule has 33 heavy (non-hydrogen) atoms. The van der Waals surface area contributed by atoms with Gasteiger partial charge in [0.05, 0.1) is 17.4 Å². The van der Waals surface area contributed by atoms with Crippen LogP contribution < -0.4 is 11.1 Å². The molecule has 0 radical (unpaired) electrons. The van der Waals surface area contributed by atoms with Crippen LogP contribution in [-0.2, 0) is 22.8 Å². The first-order valence-electron chi connectivity index (χ1n) is 10.3. The Balaban J connectivity index is 1.39. The maximum atomic E-state index is 13.3. The van der Waals surface area contributed by atoms with Crippen LogP contribution in [0.3, 0.4) is 0 Å². The molecule has 1 saturated heterocycles. The zero-order valence-corrected chi connectivity index (χ0v) is 18.8. The maximum absolute atomic E-state index is 13.3. The summed E-state index contributed by atoms with van der Waals surface area (Å²) in [6.07, 6.45) is 2.78. The number of halogens is 2. The number of likely N-dealkylation sites (tertiary alicyclic amines) is 1. The molecule has 3 aromatic heterocycles. The summed E-state index contributed by atoms with van der Waals surface area (Å²) in [7, 11) is 0. The van der Waals surface area contributed by atoms with Crippen LogP contribution in [0, 0.1) is 5.92 Å². The molecular weight excluding hydrogens is 497 g/mol. The van der Waals surface area contributed by atoms with Crippen LogP contribution in [0.5, 0.6) is 0 Å². The van der Waals surface area contributed by atoms with E-state index in [0.29, 0.717) is 27.7 Å². The number of alkyl halides is 1. The lowest BCUT2D eigenvalue weighted by Gasteiger charge is -2.26. The minimum atomic E-state index is -0.807. The zero-order chi connectivity index (χ0) is 23.3. The Bertz CT molecular complexity index is 1300. The first-order chi connectivity index (χ1) is 15.9. The summed E-state index contributed by atoms with van der Waals surface area (Å²) in [6, 6.07) is 5.94. The molecule has 10 nitrogen and oxygen atoms in total. The summed E-state index contributed by atoms with van der Waals surface area (Å²) < 4.78 is 15.0. The molecule has 0 bridgehead atoms. The molecule has 2 fully saturated rings. The lowest BCUT2D eigenvalue weighted by Crippen LogP contribution is -2.46. The van der Waals surface area contributed by atoms with Gasteiger partial charge in [-0.3, -0.25) is 24.0 Å². The molecule has 12 heteroatoms. The number of nitrogens with two attached hydrogens (primary N) is 1. The number of hydrogen-bond acceptors (Lipinski definition) is 6. The van der Waals surface area contributed by atoms with Gasteiger partial charge in [-0.05, 0) is 52.9 Å². The highest BCUT2D eigenvalue weighted by Crippen LogP contribution is 2.48. The van der Waals surface area contributed by atoms with E-state index in [0.717, 1.165) is 6.42 Å². The summed E-state index contributed by atoms with van der Waals surface area (Å²) in [4.78, 5) is 47.9. The van der Waals surface area contributed by atoms with Crippen molar-refractivity contribution >= 4 is 50.4 Å². The number of pyridine rings is 2. The van der Waals surface area contributed by atoms with Crippen LogP contribution in [0.15, 0.2) is 35.1 Å². The topological polar surface area (TPSA) is 136 Å². The van der Waals surface area contributed by atoms with Crippen molar-refractivity contribution in [1.82, 2.24) is 24.6 Å². The largest absolute Gasteiger partial charge is 0.364 e. The Morgan fingerprint density at radius 2 is 2.09 bits per heavy atom. The monoisotopic (exact) mass is 515 g/mol. The second-order valence-corrected chi connectivity index (χ2v) is 8.96. The first-order valence-corrected chi connectivity index (χ1v) is 11.1. The molecule has 4 heterocycles. The average molecular weight is 516 g/mol. The smallest absolute Gasteiger partial charge is 0.269 e. The molecule has 0 spiro atoms. The number of primary amides is 1. The Kier molecular flexibility index (Phi) is 5.31. The Hall–Kier alpha value is -3.41. The fraction of sp³-hybridized carbons (Fsp3) is 0.333. The van der Waals surface area contributed by atoms with Gasteiger partial charge in [-0.25, -0.2) is 9.37 Å². The van der Waals surface area contributed by atoms with Crippen molar-refractivity contribution in [2.45, 2.75) is 38.1 Å². The van der Waals surface area contributed by atoms with Crippen LogP contribution in [0.1, 0.15) is 29.0 Å². The van der Waals surface area contributed by atoms with Gasteiger partial charge in [0.1, 0.15) is 29.7 Å². The molecule has 0 aromatic carbocycles. The SMILES string of the molecule is NC(=O)c1nn(CC(=O)N2[C@@H]3C[C@@H]3C[C@H]2C(=O)Nc2cccc(Br)n2)c2cnc(CF)cc12. The maximum Gasteiger partial charge on any atom is 0.269 e. The normalized spacial score (nSPS) is 21.2. The first kappa shape index (κ1) is 21.4. The van der Waals surface area contributed by atoms with Crippen molar-refractivity contribution in [3.8, 4) is 0 Å². The third kappa shape index (κ3) is 3.94. The number of nitrogens with one attached hydrogen (secondary N) is 1. The van der Waals surface area contributed by atoms with Gasteiger partial charge in [-0.15, -0.1) is 0 Å². The van der Waals surface area contributed by atoms with Crippen molar-refractivity contribution in [3.63, 3.8) is 0 Å². The summed E-state index contributed by atoms with van der Waals surface area (Å²) in [5.74, 6) is -0.731. The van der Waals surface area contributed by atoms with E-state index in [9.17, 15) is 18.8 Å². The number of carbonyl (C=O) groups excluding carboxylic acids is 3. The third-order valence-electron chi connectivity index (χ3n) is 6.01. The fourth-order valence-corrected chi connectivity index (χ4v) is 4.78. The predicted octanol–water partition coefficient (Wildman–Crippen LogP) is 1.79. The van der Waals surface area contributed by atoms with E-state index in [1.807, 2.05) is 0 Å². The second kappa shape index (κ2) is 8.18. The molecule has 0 unspecified atom stereocenters. The van der Waals surface area contributed by atoms with E-state index in [2.05, 4.69) is 36.3 Å². The Morgan fingerprint density at radius 3 is 2.82 bits per heavy atom. The zero-order valence-electron chi connectivity index (χ0n) is 17.2. The second-order valence-electron chi connectivity index (χ2n) is 8.15. The van der Waals surface area contributed by atoms with Crippen LogP contribution in [-0.4, -0.2) is 54.5 Å². The van der Waals surface area contributed by atoms with Crippen LogP contribution in [0.4, 0.5) is 10.2 Å². The lowest BCUT2D eigenvalue weighted by molar-refractivity contribution is -0.138. The van der Waals surface area contributed by atoms with Gasteiger partial charge < -0.3 is 16.0 Å². The number of piperidine rings is 1. The van der Waals surface area contributed by atoms with Crippen molar-refractivity contribution in [2.75, 3.05) is 5.32 Å². The third-order valence-corrected chi connectivity index (χ3v) is 6.45. The molecule has 1 aliphatic carbocycles. The fourth-order valence-electron chi connectivity index (χ4n) is 4.44. The molecule has 5 rings (SSSR count). The molecule has 2 aliphatic rings. The van der Waals surface area contributed by atoms with Gasteiger partial charge in [0.15, 0.2) is 5.69 Å². The van der Waals surface area contributed by atoms with Gasteiger partial charge in [0.25, 0.3) is 5.91 Å². The van der Waals surface area contributed by atoms with E-state index in [1.54, 1.807) is 23.1 Å². The standard InChI is InChI=1S/C21H19BrFN7O3/c22-16-2-1-3-17(26-16)27-21(33)14-5-10-4-13(10)30(14)18(31)9-29-15-8-25-11(7-23)6-12(15)19(28-29)20(24)32/h1-3,6,8,10,13-14H,4-5,7,9H2,(H2,24,32)(H,26,27,33)/t10-,13-,14+/m1/s1. The van der Waals surface area contributed by atoms with Gasteiger partial charge >= 0.3 is 0 Å².